The quantitative estimate of drug-likeness (QED) is 0.736. The number of amides is 1. The highest BCUT2D eigenvalue weighted by Crippen LogP contribution is 2.13. The molecule has 26 heavy (non-hydrogen) atoms. The van der Waals surface area contributed by atoms with E-state index in [9.17, 15) is 9.59 Å². The molecule has 1 N–H and O–H groups in total. The molecule has 0 bridgehead atoms. The Kier molecular flexibility index (Phi) is 5.26. The molecule has 134 valence electrons. The van der Waals surface area contributed by atoms with Crippen LogP contribution in [0.25, 0.3) is 11.0 Å². The highest BCUT2D eigenvalue weighted by Gasteiger charge is 2.14. The van der Waals surface area contributed by atoms with Crippen LogP contribution in [0, 0.1) is 0 Å². The molecule has 0 fully saturated rings. The Hall–Kier alpha value is -3.22. The van der Waals surface area contributed by atoms with Crippen LogP contribution in [0.1, 0.15) is 19.4 Å². The number of aryl methyl sites for hydroxylation is 1. The lowest BCUT2D eigenvalue weighted by Gasteiger charge is -2.12. The lowest BCUT2D eigenvalue weighted by molar-refractivity contribution is -0.116. The number of benzene rings is 1. The first kappa shape index (κ1) is 17.6. The molecule has 0 saturated carbocycles. The second kappa shape index (κ2) is 7.77. The number of aromatic nitrogens is 3. The predicted molar refractivity (Wildman–Crippen MR) is 99.4 cm³/mol. The van der Waals surface area contributed by atoms with Crippen LogP contribution in [0.5, 0.6) is 5.88 Å². The van der Waals surface area contributed by atoms with Crippen molar-refractivity contribution >= 4 is 22.6 Å². The summed E-state index contributed by atoms with van der Waals surface area (Å²) in [5, 5.41) is 2.81. The van der Waals surface area contributed by atoms with Gasteiger partial charge in [-0.3, -0.25) is 19.1 Å². The highest BCUT2D eigenvalue weighted by atomic mass is 16.5. The van der Waals surface area contributed by atoms with Crippen molar-refractivity contribution in [3.05, 3.63) is 58.6 Å². The van der Waals surface area contributed by atoms with Gasteiger partial charge in [-0.25, -0.2) is 4.98 Å². The van der Waals surface area contributed by atoms with Crippen LogP contribution in [0.4, 0.5) is 5.69 Å². The minimum Gasteiger partial charge on any atom is -0.474 e. The third-order valence-corrected chi connectivity index (χ3v) is 3.95. The summed E-state index contributed by atoms with van der Waals surface area (Å²) in [6.45, 7) is 4.01. The molecule has 3 rings (SSSR count). The van der Waals surface area contributed by atoms with E-state index in [1.165, 1.54) is 16.3 Å². The van der Waals surface area contributed by atoms with Gasteiger partial charge in [-0.1, -0.05) is 19.1 Å². The first-order valence-corrected chi connectivity index (χ1v) is 8.48. The zero-order chi connectivity index (χ0) is 18.5. The van der Waals surface area contributed by atoms with E-state index in [-0.39, 0.29) is 18.3 Å². The van der Waals surface area contributed by atoms with Gasteiger partial charge < -0.3 is 10.1 Å². The third kappa shape index (κ3) is 3.72. The van der Waals surface area contributed by atoms with Crippen LogP contribution in [0.3, 0.4) is 0 Å². The van der Waals surface area contributed by atoms with Crippen molar-refractivity contribution in [1.29, 1.82) is 0 Å². The first-order chi connectivity index (χ1) is 12.6. The summed E-state index contributed by atoms with van der Waals surface area (Å²) >= 11 is 0. The number of ether oxygens (including phenoxy) is 1. The Morgan fingerprint density at radius 1 is 1.19 bits per heavy atom. The molecule has 1 aromatic carbocycles. The van der Waals surface area contributed by atoms with E-state index >= 15 is 0 Å². The molecule has 0 atom stereocenters. The molecule has 2 aromatic heterocycles. The van der Waals surface area contributed by atoms with Gasteiger partial charge in [0.2, 0.25) is 5.91 Å². The minimum atomic E-state index is -0.443. The van der Waals surface area contributed by atoms with Crippen LogP contribution in [0.15, 0.2) is 47.5 Å². The summed E-state index contributed by atoms with van der Waals surface area (Å²) in [5.74, 6) is -0.337. The SMILES string of the molecule is CCOc1nc2cnccc2n(CC(=O)Nc2ccc(CC)cc2)c1=O. The summed E-state index contributed by atoms with van der Waals surface area (Å²) in [6.07, 6.45) is 4.03. The molecule has 0 unspecified atom stereocenters. The van der Waals surface area contributed by atoms with Crippen LogP contribution < -0.4 is 15.6 Å². The van der Waals surface area contributed by atoms with Gasteiger partial charge in [0.05, 0.1) is 18.3 Å². The third-order valence-electron chi connectivity index (χ3n) is 3.95. The molecule has 7 heteroatoms. The van der Waals surface area contributed by atoms with Gasteiger partial charge in [-0.05, 0) is 37.1 Å². The Morgan fingerprint density at radius 2 is 1.96 bits per heavy atom. The van der Waals surface area contributed by atoms with E-state index in [0.717, 1.165) is 6.42 Å². The number of nitrogens with one attached hydrogen (secondary N) is 1. The Balaban J connectivity index is 1.90. The van der Waals surface area contributed by atoms with Crippen LogP contribution in [0.2, 0.25) is 0 Å². The summed E-state index contributed by atoms with van der Waals surface area (Å²) in [4.78, 5) is 33.3. The molecular formula is C19H20N4O3. The van der Waals surface area contributed by atoms with Crippen LogP contribution in [-0.2, 0) is 17.8 Å². The van der Waals surface area contributed by atoms with E-state index < -0.39 is 5.56 Å². The maximum Gasteiger partial charge on any atom is 0.314 e. The van der Waals surface area contributed by atoms with Gasteiger partial charge in [0.1, 0.15) is 12.1 Å². The van der Waals surface area contributed by atoms with Gasteiger partial charge >= 0.3 is 5.56 Å². The fourth-order valence-electron chi connectivity index (χ4n) is 2.63. The standard InChI is InChI=1S/C19H20N4O3/c1-3-13-5-7-14(8-6-13)21-17(24)12-23-16-9-10-20-11-15(16)22-18(19(23)25)26-4-2/h5-11H,3-4,12H2,1-2H3,(H,21,24). The van der Waals surface area contributed by atoms with E-state index in [2.05, 4.69) is 22.2 Å². The maximum absolute atomic E-state index is 12.6. The molecule has 1 amide bonds. The molecule has 3 aromatic rings. The number of carbonyl (C=O) groups is 1. The van der Waals surface area contributed by atoms with Gasteiger partial charge in [0.15, 0.2) is 0 Å². The molecule has 0 saturated heterocycles. The summed E-state index contributed by atoms with van der Waals surface area (Å²) in [5.41, 5.74) is 2.46. The van der Waals surface area contributed by atoms with Crippen molar-refractivity contribution in [3.63, 3.8) is 0 Å². The zero-order valence-electron chi connectivity index (χ0n) is 14.7. The number of pyridine rings is 1. The number of hydrogen-bond donors (Lipinski definition) is 1. The zero-order valence-corrected chi connectivity index (χ0v) is 14.7. The van der Waals surface area contributed by atoms with Crippen molar-refractivity contribution < 1.29 is 9.53 Å². The monoisotopic (exact) mass is 352 g/mol. The molecule has 0 aliphatic heterocycles. The molecule has 2 heterocycles. The topological polar surface area (TPSA) is 86.1 Å². The molecule has 7 nitrogen and oxygen atoms in total. The van der Waals surface area contributed by atoms with Crippen molar-refractivity contribution in [2.45, 2.75) is 26.8 Å². The normalized spacial score (nSPS) is 10.7. The van der Waals surface area contributed by atoms with Gasteiger partial charge in [0.25, 0.3) is 5.88 Å². The Labute approximate surface area is 150 Å². The van der Waals surface area contributed by atoms with Gasteiger partial charge in [-0.2, -0.15) is 0 Å². The summed E-state index contributed by atoms with van der Waals surface area (Å²) in [7, 11) is 0. The van der Waals surface area contributed by atoms with Crippen LogP contribution in [-0.4, -0.2) is 27.0 Å². The molecular weight excluding hydrogens is 332 g/mol. The lowest BCUT2D eigenvalue weighted by atomic mass is 10.1. The predicted octanol–water partition coefficient (Wildman–Crippen LogP) is 2.39. The lowest BCUT2D eigenvalue weighted by Crippen LogP contribution is -2.29. The minimum absolute atomic E-state index is 0.0342. The van der Waals surface area contributed by atoms with Crippen LogP contribution >= 0.6 is 0 Å². The van der Waals surface area contributed by atoms with Crippen molar-refractivity contribution in [3.8, 4) is 5.88 Å². The first-order valence-electron chi connectivity index (χ1n) is 8.48. The Morgan fingerprint density at radius 3 is 2.65 bits per heavy atom. The average Bonchev–Trinajstić information content (AvgIpc) is 2.66. The van der Waals surface area contributed by atoms with E-state index in [1.807, 2.05) is 24.3 Å². The molecule has 0 aliphatic carbocycles. The van der Waals surface area contributed by atoms with Crippen molar-refractivity contribution in [1.82, 2.24) is 14.5 Å². The van der Waals surface area contributed by atoms with E-state index in [4.69, 9.17) is 4.74 Å². The second-order valence-electron chi connectivity index (χ2n) is 5.70. The second-order valence-corrected chi connectivity index (χ2v) is 5.70. The van der Waals surface area contributed by atoms with Crippen molar-refractivity contribution in [2.75, 3.05) is 11.9 Å². The fourth-order valence-corrected chi connectivity index (χ4v) is 2.63. The maximum atomic E-state index is 12.6. The smallest absolute Gasteiger partial charge is 0.314 e. The van der Waals surface area contributed by atoms with Crippen molar-refractivity contribution in [2.24, 2.45) is 0 Å². The number of hydrogen-bond acceptors (Lipinski definition) is 5. The van der Waals surface area contributed by atoms with E-state index in [1.54, 1.807) is 19.2 Å². The molecule has 0 radical (unpaired) electrons. The number of fused-ring (bicyclic) bond motifs is 1. The summed E-state index contributed by atoms with van der Waals surface area (Å²) in [6, 6.07) is 9.27. The number of anilines is 1. The van der Waals surface area contributed by atoms with Gasteiger partial charge in [-0.15, -0.1) is 0 Å². The average molecular weight is 352 g/mol. The number of nitrogens with zero attached hydrogens (tertiary/aromatic N) is 3. The largest absolute Gasteiger partial charge is 0.474 e. The number of carbonyl (C=O) groups excluding carboxylic acids is 1. The fraction of sp³-hybridized carbons (Fsp3) is 0.263. The Bertz CT molecular complexity index is 980. The summed E-state index contributed by atoms with van der Waals surface area (Å²) < 4.78 is 6.66. The molecule has 0 aliphatic rings. The highest BCUT2D eigenvalue weighted by molar-refractivity contribution is 5.91. The van der Waals surface area contributed by atoms with E-state index in [0.29, 0.717) is 23.3 Å². The molecule has 0 spiro atoms. The number of rotatable bonds is 6. The van der Waals surface area contributed by atoms with Gasteiger partial charge in [0, 0.05) is 11.9 Å².